The van der Waals surface area contributed by atoms with Gasteiger partial charge in [-0.25, -0.2) is 0 Å². The quantitative estimate of drug-likeness (QED) is 0.603. The first-order valence-electron chi connectivity index (χ1n) is 6.81. The van der Waals surface area contributed by atoms with Crippen LogP contribution in [0.2, 0.25) is 0 Å². The lowest BCUT2D eigenvalue weighted by Gasteiger charge is -2.03. The second kappa shape index (κ2) is 6.98. The molecule has 1 aromatic heterocycles. The minimum absolute atomic E-state index is 0.0820. The van der Waals surface area contributed by atoms with E-state index in [4.69, 9.17) is 0 Å². The summed E-state index contributed by atoms with van der Waals surface area (Å²) in [4.78, 5) is 12.1. The molecule has 0 N–H and O–H groups in total. The second-order valence-electron chi connectivity index (χ2n) is 4.63. The third-order valence-electron chi connectivity index (χ3n) is 3.07. The van der Waals surface area contributed by atoms with Crippen LogP contribution in [0.3, 0.4) is 0 Å². The number of ketones is 1. The zero-order valence-electron chi connectivity index (χ0n) is 12.3. The van der Waals surface area contributed by atoms with Gasteiger partial charge in [0.05, 0.1) is 11.3 Å². The van der Waals surface area contributed by atoms with Gasteiger partial charge in [0, 0.05) is 12.7 Å². The molecule has 2 rings (SSSR count). The third kappa shape index (κ3) is 4.00. The van der Waals surface area contributed by atoms with Crippen molar-refractivity contribution in [3.63, 3.8) is 0 Å². The van der Waals surface area contributed by atoms with E-state index in [1.807, 2.05) is 6.92 Å². The Morgan fingerprint density at radius 2 is 2.05 bits per heavy atom. The van der Waals surface area contributed by atoms with Crippen molar-refractivity contribution >= 4 is 11.9 Å². The Morgan fingerprint density at radius 3 is 2.59 bits per heavy atom. The summed E-state index contributed by atoms with van der Waals surface area (Å²) in [5.41, 5.74) is 1.95. The molecule has 1 aromatic carbocycles. The van der Waals surface area contributed by atoms with E-state index >= 15 is 0 Å². The fraction of sp³-hybridized carbons (Fsp3) is 0.250. The lowest BCUT2D eigenvalue weighted by molar-refractivity contribution is -0.0498. The first kappa shape index (κ1) is 15.9. The first-order chi connectivity index (χ1) is 10.5. The number of alkyl halides is 2. The fourth-order valence-electron chi connectivity index (χ4n) is 1.94. The van der Waals surface area contributed by atoms with Crippen LogP contribution in [0.25, 0.3) is 6.08 Å². The van der Waals surface area contributed by atoms with Crippen LogP contribution in [0, 0.1) is 6.92 Å². The van der Waals surface area contributed by atoms with Crippen molar-refractivity contribution in [2.24, 2.45) is 0 Å². The number of halogens is 2. The van der Waals surface area contributed by atoms with Crippen LogP contribution in [0.1, 0.15) is 28.5 Å². The number of carbonyl (C=O) groups is 1. The summed E-state index contributed by atoms with van der Waals surface area (Å²) in [5.74, 6) is -0.0661. The van der Waals surface area contributed by atoms with Crippen molar-refractivity contribution in [3.8, 4) is 5.75 Å². The van der Waals surface area contributed by atoms with Gasteiger partial charge in [0.1, 0.15) is 5.75 Å². The SMILES string of the molecule is CCn1cc(C(=O)C=Cc2ccc(OC(F)F)cc2)c(C)n1. The van der Waals surface area contributed by atoms with Crippen LogP contribution in [0.5, 0.6) is 5.75 Å². The molecule has 0 atom stereocenters. The van der Waals surface area contributed by atoms with Gasteiger partial charge in [-0.3, -0.25) is 9.48 Å². The van der Waals surface area contributed by atoms with Crippen LogP contribution in [-0.2, 0) is 6.54 Å². The summed E-state index contributed by atoms with van der Waals surface area (Å²) in [6.45, 7) is 1.58. The van der Waals surface area contributed by atoms with Crippen LogP contribution >= 0.6 is 0 Å². The van der Waals surface area contributed by atoms with Gasteiger partial charge in [-0.15, -0.1) is 0 Å². The molecular weight excluding hydrogens is 290 g/mol. The lowest BCUT2D eigenvalue weighted by Crippen LogP contribution is -2.01. The van der Waals surface area contributed by atoms with Crippen LogP contribution in [-0.4, -0.2) is 22.2 Å². The number of aromatic nitrogens is 2. The van der Waals surface area contributed by atoms with Crippen LogP contribution < -0.4 is 4.74 Å². The normalized spacial score (nSPS) is 11.3. The zero-order chi connectivity index (χ0) is 16.1. The molecule has 0 spiro atoms. The van der Waals surface area contributed by atoms with Crippen LogP contribution in [0.15, 0.2) is 36.5 Å². The van der Waals surface area contributed by atoms with Gasteiger partial charge < -0.3 is 4.74 Å². The van der Waals surface area contributed by atoms with Gasteiger partial charge in [-0.1, -0.05) is 18.2 Å². The van der Waals surface area contributed by atoms with E-state index in [0.717, 1.165) is 5.56 Å². The van der Waals surface area contributed by atoms with Gasteiger partial charge in [-0.2, -0.15) is 13.9 Å². The minimum atomic E-state index is -2.85. The van der Waals surface area contributed by atoms with E-state index in [1.54, 1.807) is 36.0 Å². The number of rotatable bonds is 6. The maximum Gasteiger partial charge on any atom is 0.387 e. The van der Waals surface area contributed by atoms with Gasteiger partial charge in [0.15, 0.2) is 5.78 Å². The van der Waals surface area contributed by atoms with E-state index < -0.39 is 6.61 Å². The largest absolute Gasteiger partial charge is 0.435 e. The zero-order valence-corrected chi connectivity index (χ0v) is 12.3. The molecule has 22 heavy (non-hydrogen) atoms. The molecule has 2 aromatic rings. The highest BCUT2D eigenvalue weighted by Crippen LogP contribution is 2.16. The molecule has 6 heteroatoms. The number of ether oxygens (including phenoxy) is 1. The monoisotopic (exact) mass is 306 g/mol. The molecule has 116 valence electrons. The second-order valence-corrected chi connectivity index (χ2v) is 4.63. The Kier molecular flexibility index (Phi) is 5.04. The standard InChI is InChI=1S/C16H16F2N2O2/c1-3-20-10-14(11(2)19-20)15(21)9-6-12-4-7-13(8-5-12)22-16(17)18/h4-10,16H,3H2,1-2H3. The predicted octanol–water partition coefficient (Wildman–Crippen LogP) is 3.71. The van der Waals surface area contributed by atoms with E-state index in [2.05, 4.69) is 9.84 Å². The summed E-state index contributed by atoms with van der Waals surface area (Å²) < 4.78 is 30.0. The molecule has 0 radical (unpaired) electrons. The Morgan fingerprint density at radius 1 is 1.36 bits per heavy atom. The summed E-state index contributed by atoms with van der Waals surface area (Å²) in [6.07, 6.45) is 4.77. The van der Waals surface area contributed by atoms with Crippen molar-refractivity contribution < 1.29 is 18.3 Å². The number of allylic oxidation sites excluding steroid dienone is 1. The van der Waals surface area contributed by atoms with Crippen molar-refractivity contribution in [1.29, 1.82) is 0 Å². The number of benzene rings is 1. The van der Waals surface area contributed by atoms with Crippen molar-refractivity contribution in [2.45, 2.75) is 27.0 Å². The smallest absolute Gasteiger partial charge is 0.387 e. The number of hydrogen-bond donors (Lipinski definition) is 0. The third-order valence-corrected chi connectivity index (χ3v) is 3.07. The molecule has 0 saturated heterocycles. The molecular formula is C16H16F2N2O2. The number of aryl methyl sites for hydroxylation is 2. The highest BCUT2D eigenvalue weighted by Gasteiger charge is 2.10. The maximum absolute atomic E-state index is 12.1. The van der Waals surface area contributed by atoms with Gasteiger partial charge in [-0.05, 0) is 37.6 Å². The van der Waals surface area contributed by atoms with Gasteiger partial charge in [0.25, 0.3) is 0 Å². The molecule has 0 aliphatic heterocycles. The molecule has 0 aliphatic carbocycles. The van der Waals surface area contributed by atoms with Crippen molar-refractivity contribution in [1.82, 2.24) is 9.78 Å². The molecule has 0 saturated carbocycles. The average Bonchev–Trinajstić information content (AvgIpc) is 2.87. The van der Waals surface area contributed by atoms with Crippen molar-refractivity contribution in [2.75, 3.05) is 0 Å². The highest BCUT2D eigenvalue weighted by atomic mass is 19.3. The number of nitrogens with zero attached hydrogens (tertiary/aromatic N) is 2. The summed E-state index contributed by atoms with van der Waals surface area (Å²) >= 11 is 0. The number of carbonyl (C=O) groups excluding carboxylic acids is 1. The van der Waals surface area contributed by atoms with Gasteiger partial charge >= 0.3 is 6.61 Å². The van der Waals surface area contributed by atoms with Crippen molar-refractivity contribution in [3.05, 3.63) is 53.4 Å². The van der Waals surface area contributed by atoms with Gasteiger partial charge in [0.2, 0.25) is 0 Å². The summed E-state index contributed by atoms with van der Waals surface area (Å²) in [7, 11) is 0. The van der Waals surface area contributed by atoms with E-state index in [1.165, 1.54) is 18.2 Å². The Labute approximate surface area is 127 Å². The molecule has 0 fully saturated rings. The Hall–Kier alpha value is -2.50. The predicted molar refractivity (Wildman–Crippen MR) is 79.1 cm³/mol. The molecule has 0 bridgehead atoms. The Bertz CT molecular complexity index is 676. The molecule has 4 nitrogen and oxygen atoms in total. The van der Waals surface area contributed by atoms with E-state index in [-0.39, 0.29) is 11.5 Å². The maximum atomic E-state index is 12.1. The summed E-state index contributed by atoms with van der Waals surface area (Å²) in [6, 6.07) is 6.06. The van der Waals surface area contributed by atoms with Crippen LogP contribution in [0.4, 0.5) is 8.78 Å². The lowest BCUT2D eigenvalue weighted by atomic mass is 10.1. The number of hydrogen-bond acceptors (Lipinski definition) is 3. The molecule has 0 aliphatic rings. The average molecular weight is 306 g/mol. The highest BCUT2D eigenvalue weighted by molar-refractivity contribution is 6.07. The topological polar surface area (TPSA) is 44.1 Å². The fourth-order valence-corrected chi connectivity index (χ4v) is 1.94. The summed E-state index contributed by atoms with van der Waals surface area (Å²) in [5, 5.41) is 4.22. The molecule has 1 heterocycles. The first-order valence-corrected chi connectivity index (χ1v) is 6.81. The van der Waals surface area contributed by atoms with E-state index in [9.17, 15) is 13.6 Å². The molecule has 0 amide bonds. The Balaban J connectivity index is 2.07. The minimum Gasteiger partial charge on any atom is -0.435 e. The van der Waals surface area contributed by atoms with E-state index in [0.29, 0.717) is 17.8 Å². The molecule has 0 unspecified atom stereocenters.